The van der Waals surface area contributed by atoms with Crippen LogP contribution in [0.2, 0.25) is 0 Å². The Morgan fingerprint density at radius 1 is 1.29 bits per heavy atom. The van der Waals surface area contributed by atoms with Gasteiger partial charge in [-0.2, -0.15) is 13.2 Å². The van der Waals surface area contributed by atoms with Crippen LogP contribution in [-0.2, 0) is 4.74 Å². The molecule has 1 N–H and O–H groups in total. The second kappa shape index (κ2) is 4.48. The Bertz CT molecular complexity index is 419. The second-order valence-corrected chi connectivity index (χ2v) is 4.55. The van der Waals surface area contributed by atoms with Crippen molar-refractivity contribution in [2.75, 3.05) is 6.61 Å². The van der Waals surface area contributed by atoms with Crippen molar-refractivity contribution in [3.8, 4) is 0 Å². The Balaban J connectivity index is 2.05. The first-order valence-electron chi connectivity index (χ1n) is 4.73. The zero-order chi connectivity index (χ0) is 12.5. The van der Waals surface area contributed by atoms with Crippen LogP contribution in [0, 0.1) is 0 Å². The van der Waals surface area contributed by atoms with E-state index in [9.17, 15) is 18.0 Å². The van der Waals surface area contributed by atoms with Crippen molar-refractivity contribution in [2.24, 2.45) is 0 Å². The first-order chi connectivity index (χ1) is 7.94. The van der Waals surface area contributed by atoms with Gasteiger partial charge in [0.25, 0.3) is 0 Å². The molecule has 0 saturated carbocycles. The van der Waals surface area contributed by atoms with Crippen LogP contribution in [0.5, 0.6) is 0 Å². The van der Waals surface area contributed by atoms with Gasteiger partial charge in [0.2, 0.25) is 0 Å². The molecule has 17 heavy (non-hydrogen) atoms. The van der Waals surface area contributed by atoms with E-state index in [1.807, 2.05) is 0 Å². The Kier molecular flexibility index (Phi) is 3.19. The molecule has 1 unspecified atom stereocenters. The highest BCUT2D eigenvalue weighted by molar-refractivity contribution is 8.00. The van der Waals surface area contributed by atoms with Crippen molar-refractivity contribution < 1.29 is 22.7 Å². The predicted molar refractivity (Wildman–Crippen MR) is 55.6 cm³/mol. The van der Waals surface area contributed by atoms with Crippen molar-refractivity contribution in [3.05, 3.63) is 29.8 Å². The molecule has 0 bridgehead atoms. The molecule has 1 aromatic rings. The molecule has 0 radical (unpaired) electrons. The first kappa shape index (κ1) is 12.1. The summed E-state index contributed by atoms with van der Waals surface area (Å²) in [5, 5.41) is 2.55. The lowest BCUT2D eigenvalue weighted by atomic mass is 10.1. The van der Waals surface area contributed by atoms with Gasteiger partial charge in [0.15, 0.2) is 0 Å². The van der Waals surface area contributed by atoms with Crippen molar-refractivity contribution in [1.82, 2.24) is 5.32 Å². The normalized spacial score (nSPS) is 19.9. The molecule has 1 atom stereocenters. The number of nitrogens with one attached hydrogen (secondary N) is 1. The fraction of sp³-hybridized carbons (Fsp3) is 0.300. The van der Waals surface area contributed by atoms with Gasteiger partial charge in [-0.15, -0.1) is 0 Å². The number of hydrogen-bond acceptors (Lipinski definition) is 3. The smallest absolute Gasteiger partial charge is 0.446 e. The number of amides is 1. The van der Waals surface area contributed by atoms with Crippen molar-refractivity contribution >= 4 is 17.9 Å². The summed E-state index contributed by atoms with van der Waals surface area (Å²) < 4.78 is 40.9. The lowest BCUT2D eigenvalue weighted by molar-refractivity contribution is -0.0328. The van der Waals surface area contributed by atoms with Crippen molar-refractivity contribution in [1.29, 1.82) is 0 Å². The van der Waals surface area contributed by atoms with Crippen molar-refractivity contribution in [2.45, 2.75) is 16.4 Å². The van der Waals surface area contributed by atoms with Crippen LogP contribution in [0.25, 0.3) is 0 Å². The lowest BCUT2D eigenvalue weighted by Gasteiger charge is -2.09. The third-order valence-corrected chi connectivity index (χ3v) is 2.93. The number of alkyl carbamates (subject to hydrolysis) is 1. The molecule has 1 heterocycles. The maximum absolute atomic E-state index is 12.1. The first-order valence-corrected chi connectivity index (χ1v) is 5.55. The van der Waals surface area contributed by atoms with Gasteiger partial charge in [-0.05, 0) is 29.5 Å². The number of alkyl halides is 3. The maximum atomic E-state index is 12.1. The van der Waals surface area contributed by atoms with Crippen LogP contribution in [-0.4, -0.2) is 18.2 Å². The van der Waals surface area contributed by atoms with Crippen molar-refractivity contribution in [3.63, 3.8) is 0 Å². The average molecular weight is 263 g/mol. The van der Waals surface area contributed by atoms with Gasteiger partial charge in [0.1, 0.15) is 6.61 Å². The molecule has 0 aromatic heterocycles. The van der Waals surface area contributed by atoms with E-state index in [1.165, 1.54) is 12.1 Å². The van der Waals surface area contributed by atoms with E-state index in [1.54, 1.807) is 12.1 Å². The molecule has 92 valence electrons. The highest BCUT2D eigenvalue weighted by Gasteiger charge is 2.29. The lowest BCUT2D eigenvalue weighted by Crippen LogP contribution is -2.18. The average Bonchev–Trinajstić information content (AvgIpc) is 2.63. The highest BCUT2D eigenvalue weighted by Crippen LogP contribution is 2.37. The maximum Gasteiger partial charge on any atom is 0.446 e. The molecule has 1 saturated heterocycles. The zero-order valence-electron chi connectivity index (χ0n) is 8.45. The fourth-order valence-electron chi connectivity index (χ4n) is 1.47. The Morgan fingerprint density at radius 2 is 1.94 bits per heavy atom. The largest absolute Gasteiger partial charge is 0.447 e. The molecule has 1 aromatic carbocycles. The predicted octanol–water partition coefficient (Wildman–Crippen LogP) is 3.08. The number of rotatable bonds is 2. The summed E-state index contributed by atoms with van der Waals surface area (Å²) in [5.74, 6) is 0. The van der Waals surface area contributed by atoms with E-state index >= 15 is 0 Å². The molecular formula is C10H8F3NO2S. The van der Waals surface area contributed by atoms with E-state index in [-0.39, 0.29) is 29.3 Å². The molecular weight excluding hydrogens is 255 g/mol. The molecule has 0 spiro atoms. The van der Waals surface area contributed by atoms with E-state index in [4.69, 9.17) is 4.74 Å². The van der Waals surface area contributed by atoms with Gasteiger partial charge in [0.05, 0.1) is 6.04 Å². The van der Waals surface area contributed by atoms with Crippen LogP contribution < -0.4 is 5.32 Å². The number of cyclic esters (lactones) is 1. The van der Waals surface area contributed by atoms with Crippen LogP contribution >= 0.6 is 11.8 Å². The number of thioether (sulfide) groups is 1. The fourth-order valence-corrected chi connectivity index (χ4v) is 2.01. The summed E-state index contributed by atoms with van der Waals surface area (Å²) in [4.78, 5) is 10.9. The number of carbonyl (C=O) groups is 1. The molecule has 1 fully saturated rings. The highest BCUT2D eigenvalue weighted by atomic mass is 32.2. The van der Waals surface area contributed by atoms with Gasteiger partial charge in [0, 0.05) is 4.90 Å². The van der Waals surface area contributed by atoms with E-state index < -0.39 is 11.6 Å². The second-order valence-electron chi connectivity index (χ2n) is 3.41. The van der Waals surface area contributed by atoms with E-state index in [2.05, 4.69) is 5.32 Å². The van der Waals surface area contributed by atoms with Gasteiger partial charge in [-0.1, -0.05) is 12.1 Å². The van der Waals surface area contributed by atoms with Gasteiger partial charge >= 0.3 is 11.6 Å². The summed E-state index contributed by atoms with van der Waals surface area (Å²) in [6, 6.07) is 5.56. The minimum Gasteiger partial charge on any atom is -0.447 e. The zero-order valence-corrected chi connectivity index (χ0v) is 9.27. The van der Waals surface area contributed by atoms with Crippen LogP contribution in [0.3, 0.4) is 0 Å². The molecule has 1 aliphatic rings. The van der Waals surface area contributed by atoms with Gasteiger partial charge < -0.3 is 10.1 Å². The standard InChI is InChI=1S/C10H8F3NO2S/c11-10(12,13)17-7-3-1-6(2-4-7)8-5-16-9(15)14-8/h1-4,8H,5H2,(H,14,15). The number of halogens is 3. The molecule has 1 amide bonds. The number of hydrogen-bond donors (Lipinski definition) is 1. The summed E-state index contributed by atoms with van der Waals surface area (Å²) in [6.07, 6.45) is -0.510. The third-order valence-electron chi connectivity index (χ3n) is 2.19. The Labute approximate surface area is 99.3 Å². The molecule has 2 rings (SSSR count). The molecule has 0 aliphatic carbocycles. The van der Waals surface area contributed by atoms with Gasteiger partial charge in [-0.25, -0.2) is 4.79 Å². The Hall–Kier alpha value is -1.37. The van der Waals surface area contributed by atoms with E-state index in [0.717, 1.165) is 5.56 Å². The SMILES string of the molecule is O=C1NC(c2ccc(SC(F)(F)F)cc2)CO1. The summed E-state index contributed by atoms with van der Waals surface area (Å²) in [7, 11) is 0. The Morgan fingerprint density at radius 3 is 2.41 bits per heavy atom. The van der Waals surface area contributed by atoms with Crippen LogP contribution in [0.1, 0.15) is 11.6 Å². The summed E-state index contributed by atoms with van der Waals surface area (Å²) in [5.41, 5.74) is -3.56. The minimum absolute atomic E-state index is 0.117. The monoisotopic (exact) mass is 263 g/mol. The topological polar surface area (TPSA) is 38.3 Å². The van der Waals surface area contributed by atoms with Crippen LogP contribution in [0.4, 0.5) is 18.0 Å². The third kappa shape index (κ3) is 3.29. The summed E-state index contributed by atoms with van der Waals surface area (Å²) in [6.45, 7) is 0.199. The van der Waals surface area contributed by atoms with Crippen LogP contribution in [0.15, 0.2) is 29.2 Å². The molecule has 3 nitrogen and oxygen atoms in total. The summed E-state index contributed by atoms with van der Waals surface area (Å²) >= 11 is -0.166. The molecule has 1 aliphatic heterocycles. The minimum atomic E-state index is -4.29. The number of benzene rings is 1. The number of carbonyl (C=O) groups excluding carboxylic acids is 1. The van der Waals surface area contributed by atoms with Gasteiger partial charge in [-0.3, -0.25) is 0 Å². The quantitative estimate of drug-likeness (QED) is 0.833. The molecule has 7 heteroatoms. The van der Waals surface area contributed by atoms with E-state index in [0.29, 0.717) is 0 Å². The number of ether oxygens (including phenoxy) is 1.